The third-order valence-electron chi connectivity index (χ3n) is 3.94. The third-order valence-corrected chi connectivity index (χ3v) is 5.38. The molecule has 2 heterocycles. The Bertz CT molecular complexity index is 841. The minimum atomic E-state index is -0.145. The first kappa shape index (κ1) is 16.7. The molecule has 1 aromatic carbocycles. The van der Waals surface area contributed by atoms with Crippen LogP contribution in [0, 0.1) is 6.92 Å². The quantitative estimate of drug-likeness (QED) is 0.642. The van der Waals surface area contributed by atoms with Crippen molar-refractivity contribution in [3.05, 3.63) is 64.0 Å². The van der Waals surface area contributed by atoms with Gasteiger partial charge in [0.05, 0.1) is 18.0 Å². The topological polar surface area (TPSA) is 46.3 Å². The monoisotopic (exact) mass is 360 g/mol. The molecule has 124 valence electrons. The van der Waals surface area contributed by atoms with E-state index in [4.69, 9.17) is 16.0 Å². The lowest BCUT2D eigenvalue weighted by molar-refractivity contribution is 0.0730. The first-order valence-electron chi connectivity index (χ1n) is 7.51. The summed E-state index contributed by atoms with van der Waals surface area (Å²) >= 11 is 7.32. The van der Waals surface area contributed by atoms with Crippen LogP contribution in [-0.2, 0) is 0 Å². The number of thiazole rings is 1. The van der Waals surface area contributed by atoms with Gasteiger partial charge in [0.15, 0.2) is 0 Å². The summed E-state index contributed by atoms with van der Waals surface area (Å²) < 4.78 is 5.40. The largest absolute Gasteiger partial charge is 0.467 e. The first-order valence-corrected chi connectivity index (χ1v) is 8.70. The van der Waals surface area contributed by atoms with Crippen molar-refractivity contribution in [1.82, 2.24) is 9.88 Å². The average molecular weight is 361 g/mol. The van der Waals surface area contributed by atoms with E-state index >= 15 is 0 Å². The SMILES string of the molecule is Cc1nc(-c2ccc(Cl)cc2)sc1C(=O)N(C)C(C)c1ccco1. The van der Waals surface area contributed by atoms with Crippen molar-refractivity contribution in [1.29, 1.82) is 0 Å². The predicted molar refractivity (Wildman–Crippen MR) is 96.5 cm³/mol. The zero-order valence-corrected chi connectivity index (χ0v) is 15.2. The van der Waals surface area contributed by atoms with E-state index in [2.05, 4.69) is 4.98 Å². The van der Waals surface area contributed by atoms with Gasteiger partial charge in [-0.15, -0.1) is 11.3 Å². The number of aryl methyl sites for hydroxylation is 1. The van der Waals surface area contributed by atoms with Gasteiger partial charge in [-0.25, -0.2) is 4.98 Å². The molecule has 0 spiro atoms. The number of halogens is 1. The maximum absolute atomic E-state index is 12.8. The molecule has 0 aliphatic rings. The molecule has 1 atom stereocenters. The van der Waals surface area contributed by atoms with Crippen LogP contribution in [0.25, 0.3) is 10.6 Å². The number of hydrogen-bond donors (Lipinski definition) is 0. The van der Waals surface area contributed by atoms with Crippen LogP contribution < -0.4 is 0 Å². The maximum atomic E-state index is 12.8. The fraction of sp³-hybridized carbons (Fsp3) is 0.222. The molecule has 0 saturated heterocycles. The number of carbonyl (C=O) groups is 1. The van der Waals surface area contributed by atoms with Crippen LogP contribution in [0.15, 0.2) is 47.1 Å². The maximum Gasteiger partial charge on any atom is 0.266 e. The average Bonchev–Trinajstić information content (AvgIpc) is 3.23. The van der Waals surface area contributed by atoms with Crippen LogP contribution in [0.2, 0.25) is 5.02 Å². The summed E-state index contributed by atoms with van der Waals surface area (Å²) in [5.41, 5.74) is 1.68. The zero-order chi connectivity index (χ0) is 17.3. The Balaban J connectivity index is 1.86. The second kappa shape index (κ2) is 6.79. The smallest absolute Gasteiger partial charge is 0.266 e. The van der Waals surface area contributed by atoms with E-state index < -0.39 is 0 Å². The highest BCUT2D eigenvalue weighted by atomic mass is 35.5. The van der Waals surface area contributed by atoms with Crippen LogP contribution in [0.1, 0.15) is 34.1 Å². The van der Waals surface area contributed by atoms with E-state index in [-0.39, 0.29) is 11.9 Å². The summed E-state index contributed by atoms with van der Waals surface area (Å²) in [5, 5.41) is 1.49. The Kier molecular flexibility index (Phi) is 4.73. The normalized spacial score (nSPS) is 12.2. The van der Waals surface area contributed by atoms with Crippen LogP contribution in [0.3, 0.4) is 0 Å². The Morgan fingerprint density at radius 3 is 2.62 bits per heavy atom. The second-order valence-electron chi connectivity index (χ2n) is 5.55. The molecule has 1 amide bonds. The van der Waals surface area contributed by atoms with Crippen LogP contribution in [0.5, 0.6) is 0 Å². The minimum Gasteiger partial charge on any atom is -0.467 e. The molecule has 4 nitrogen and oxygen atoms in total. The third kappa shape index (κ3) is 3.23. The van der Waals surface area contributed by atoms with Gasteiger partial charge in [0, 0.05) is 17.6 Å². The highest BCUT2D eigenvalue weighted by Gasteiger charge is 2.24. The van der Waals surface area contributed by atoms with Crippen molar-refractivity contribution in [3.8, 4) is 10.6 Å². The van der Waals surface area contributed by atoms with Crippen molar-refractivity contribution in [3.63, 3.8) is 0 Å². The van der Waals surface area contributed by atoms with Gasteiger partial charge in [0.25, 0.3) is 5.91 Å². The molecule has 3 rings (SSSR count). The number of benzene rings is 1. The van der Waals surface area contributed by atoms with Gasteiger partial charge >= 0.3 is 0 Å². The lowest BCUT2D eigenvalue weighted by Gasteiger charge is -2.22. The summed E-state index contributed by atoms with van der Waals surface area (Å²) in [7, 11) is 1.77. The zero-order valence-electron chi connectivity index (χ0n) is 13.6. The predicted octanol–water partition coefficient (Wildman–Crippen LogP) is 5.20. The number of hydrogen-bond acceptors (Lipinski definition) is 4. The Hall–Kier alpha value is -2.11. The van der Waals surface area contributed by atoms with Gasteiger partial charge in [-0.3, -0.25) is 4.79 Å². The number of amides is 1. The van der Waals surface area contributed by atoms with Crippen LogP contribution >= 0.6 is 22.9 Å². The number of furan rings is 1. The van der Waals surface area contributed by atoms with E-state index in [0.717, 1.165) is 22.0 Å². The Morgan fingerprint density at radius 1 is 1.29 bits per heavy atom. The second-order valence-corrected chi connectivity index (χ2v) is 6.98. The molecule has 2 aromatic heterocycles. The van der Waals surface area contributed by atoms with Gasteiger partial charge in [-0.2, -0.15) is 0 Å². The van der Waals surface area contributed by atoms with Gasteiger partial charge in [0.2, 0.25) is 0 Å². The van der Waals surface area contributed by atoms with Crippen molar-refractivity contribution < 1.29 is 9.21 Å². The standard InChI is InChI=1S/C18H17ClN2O2S/c1-11-16(18(22)21(3)12(2)15-5-4-10-23-15)24-17(20-11)13-6-8-14(19)9-7-13/h4-10,12H,1-3H3. The molecule has 0 radical (unpaired) electrons. The van der Waals surface area contributed by atoms with Gasteiger partial charge < -0.3 is 9.32 Å². The summed E-state index contributed by atoms with van der Waals surface area (Å²) in [6.45, 7) is 3.79. The Morgan fingerprint density at radius 2 is 2.00 bits per heavy atom. The van der Waals surface area contributed by atoms with Crippen LogP contribution in [0.4, 0.5) is 0 Å². The number of nitrogens with zero attached hydrogens (tertiary/aromatic N) is 2. The number of carbonyl (C=O) groups excluding carboxylic acids is 1. The summed E-state index contributed by atoms with van der Waals surface area (Å²) in [6, 6.07) is 11.0. The van der Waals surface area contributed by atoms with Crippen LogP contribution in [-0.4, -0.2) is 22.8 Å². The van der Waals surface area contributed by atoms with E-state index in [9.17, 15) is 4.79 Å². The van der Waals surface area contributed by atoms with E-state index in [1.54, 1.807) is 18.2 Å². The molecular weight excluding hydrogens is 344 g/mol. The van der Waals surface area contributed by atoms with E-state index in [1.807, 2.05) is 50.2 Å². The number of aromatic nitrogens is 1. The lowest BCUT2D eigenvalue weighted by Crippen LogP contribution is -2.29. The molecule has 0 fully saturated rings. The van der Waals surface area contributed by atoms with Gasteiger partial charge in [0.1, 0.15) is 15.6 Å². The molecule has 1 unspecified atom stereocenters. The van der Waals surface area contributed by atoms with Crippen molar-refractivity contribution in [2.45, 2.75) is 19.9 Å². The molecule has 0 N–H and O–H groups in total. The van der Waals surface area contributed by atoms with Gasteiger partial charge in [-0.05, 0) is 38.1 Å². The highest BCUT2D eigenvalue weighted by molar-refractivity contribution is 7.17. The van der Waals surface area contributed by atoms with Crippen molar-refractivity contribution >= 4 is 28.8 Å². The lowest BCUT2D eigenvalue weighted by atomic mass is 10.2. The molecule has 0 saturated carbocycles. The summed E-state index contributed by atoms with van der Waals surface area (Å²) in [5.74, 6) is 0.694. The Labute approximate surface area is 149 Å². The fourth-order valence-electron chi connectivity index (χ4n) is 2.37. The molecule has 0 bridgehead atoms. The molecule has 6 heteroatoms. The highest BCUT2D eigenvalue weighted by Crippen LogP contribution is 2.31. The van der Waals surface area contributed by atoms with Crippen molar-refractivity contribution in [2.75, 3.05) is 7.05 Å². The molecule has 0 aliphatic heterocycles. The summed E-state index contributed by atoms with van der Waals surface area (Å²) in [6.07, 6.45) is 1.61. The molecular formula is C18H17ClN2O2S. The summed E-state index contributed by atoms with van der Waals surface area (Å²) in [4.78, 5) is 19.7. The first-order chi connectivity index (χ1) is 11.5. The van der Waals surface area contributed by atoms with E-state index in [1.165, 1.54) is 11.3 Å². The molecule has 24 heavy (non-hydrogen) atoms. The van der Waals surface area contributed by atoms with Crippen molar-refractivity contribution in [2.24, 2.45) is 0 Å². The molecule has 0 aliphatic carbocycles. The van der Waals surface area contributed by atoms with Gasteiger partial charge in [-0.1, -0.05) is 23.7 Å². The molecule has 3 aromatic rings. The van der Waals surface area contributed by atoms with E-state index in [0.29, 0.717) is 9.90 Å². The number of rotatable bonds is 4. The fourth-order valence-corrected chi connectivity index (χ4v) is 3.55. The minimum absolute atomic E-state index is 0.0610.